The molecule has 0 aliphatic carbocycles. The van der Waals surface area contributed by atoms with E-state index in [1.807, 2.05) is 6.92 Å². The summed E-state index contributed by atoms with van der Waals surface area (Å²) in [6.07, 6.45) is -0.196. The van der Waals surface area contributed by atoms with Crippen LogP contribution in [0, 0.1) is 11.7 Å². The highest BCUT2D eigenvalue weighted by Crippen LogP contribution is 2.42. The van der Waals surface area contributed by atoms with Crippen LogP contribution in [0.1, 0.15) is 24.0 Å². The van der Waals surface area contributed by atoms with Gasteiger partial charge in [0.05, 0.1) is 16.8 Å². The lowest BCUT2D eigenvalue weighted by molar-refractivity contribution is 0.386. The average Bonchev–Trinajstić information content (AvgIpc) is 2.89. The summed E-state index contributed by atoms with van der Waals surface area (Å²) in [4.78, 5) is 28.9. The van der Waals surface area contributed by atoms with E-state index in [-0.39, 0.29) is 29.1 Å². The van der Waals surface area contributed by atoms with Gasteiger partial charge in [-0.15, -0.1) is 0 Å². The van der Waals surface area contributed by atoms with Gasteiger partial charge >= 0.3 is 5.69 Å². The first-order valence-electron chi connectivity index (χ1n) is 7.54. The summed E-state index contributed by atoms with van der Waals surface area (Å²) < 4.78 is 13.6. The zero-order valence-corrected chi connectivity index (χ0v) is 13.4. The Morgan fingerprint density at radius 3 is 2.71 bits per heavy atom. The molecular weight excluding hydrogens is 337 g/mol. The molecule has 2 aliphatic rings. The number of H-pyrrole nitrogens is 2. The molecule has 4 unspecified atom stereocenters. The summed E-state index contributed by atoms with van der Waals surface area (Å²) in [6, 6.07) is 4.47. The van der Waals surface area contributed by atoms with E-state index in [0.29, 0.717) is 16.9 Å². The Labute approximate surface area is 140 Å². The third kappa shape index (κ3) is 2.26. The average molecular weight is 352 g/mol. The predicted molar refractivity (Wildman–Crippen MR) is 87.6 cm³/mol. The number of aromatic nitrogens is 2. The summed E-state index contributed by atoms with van der Waals surface area (Å²) in [6.45, 7) is 1.99. The molecule has 4 rings (SSSR count). The van der Waals surface area contributed by atoms with Crippen molar-refractivity contribution in [2.24, 2.45) is 5.92 Å². The van der Waals surface area contributed by atoms with Crippen molar-refractivity contribution in [3.8, 4) is 0 Å². The summed E-state index contributed by atoms with van der Waals surface area (Å²) in [5.74, 6) is -0.551. The van der Waals surface area contributed by atoms with Gasteiger partial charge in [-0.3, -0.25) is 20.2 Å². The smallest absolute Gasteiger partial charge is 0.327 e. The first-order valence-corrected chi connectivity index (χ1v) is 7.92. The molecule has 0 amide bonds. The van der Waals surface area contributed by atoms with Crippen molar-refractivity contribution >= 4 is 17.4 Å². The minimum Gasteiger partial charge on any atom is -0.354 e. The normalized spacial score (nSPS) is 28.1. The highest BCUT2D eigenvalue weighted by molar-refractivity contribution is 6.30. The monoisotopic (exact) mass is 351 g/mol. The fourth-order valence-electron chi connectivity index (χ4n) is 3.67. The number of nitrogens with one attached hydrogen (secondary N) is 5. The molecule has 0 saturated carbocycles. The molecule has 3 heterocycles. The van der Waals surface area contributed by atoms with E-state index in [2.05, 4.69) is 26.1 Å². The molecule has 1 aromatic carbocycles. The topological polar surface area (TPSA) is 102 Å². The molecule has 2 aliphatic heterocycles. The molecular formula is C15H15ClFN5O2. The first kappa shape index (κ1) is 15.4. The number of fused-ring (bicyclic) bond motifs is 2. The molecule has 0 radical (unpaired) electrons. The van der Waals surface area contributed by atoms with E-state index in [4.69, 9.17) is 11.6 Å². The lowest BCUT2D eigenvalue weighted by atomic mass is 9.75. The van der Waals surface area contributed by atoms with Gasteiger partial charge in [0.25, 0.3) is 5.56 Å². The lowest BCUT2D eigenvalue weighted by Crippen LogP contribution is -2.47. The number of hydrazine groups is 1. The molecule has 0 bridgehead atoms. The fourth-order valence-corrected chi connectivity index (χ4v) is 3.85. The van der Waals surface area contributed by atoms with Crippen molar-refractivity contribution in [3.05, 3.63) is 61.0 Å². The highest BCUT2D eigenvalue weighted by atomic mass is 35.5. The lowest BCUT2D eigenvalue weighted by Gasteiger charge is -2.36. The van der Waals surface area contributed by atoms with Gasteiger partial charge in [0.1, 0.15) is 11.6 Å². The van der Waals surface area contributed by atoms with Crippen LogP contribution in [0.3, 0.4) is 0 Å². The minimum absolute atomic E-state index is 0.00319. The van der Waals surface area contributed by atoms with Crippen LogP contribution in [0.15, 0.2) is 27.8 Å². The van der Waals surface area contributed by atoms with Crippen molar-refractivity contribution in [1.82, 2.24) is 20.8 Å². The Morgan fingerprint density at radius 1 is 1.17 bits per heavy atom. The third-order valence-electron chi connectivity index (χ3n) is 4.71. The number of hydrogen-bond donors (Lipinski definition) is 5. The number of benzene rings is 1. The first-order chi connectivity index (χ1) is 11.5. The maximum atomic E-state index is 13.6. The summed E-state index contributed by atoms with van der Waals surface area (Å²) >= 11 is 5.94. The molecule has 126 valence electrons. The maximum Gasteiger partial charge on any atom is 0.327 e. The zero-order chi connectivity index (χ0) is 17.0. The number of halogens is 2. The minimum atomic E-state index is -0.584. The van der Waals surface area contributed by atoms with Gasteiger partial charge in [-0.25, -0.2) is 14.6 Å². The largest absolute Gasteiger partial charge is 0.354 e. The van der Waals surface area contributed by atoms with Crippen LogP contribution in [0.2, 0.25) is 5.02 Å². The Morgan fingerprint density at radius 2 is 1.96 bits per heavy atom. The number of rotatable bonds is 1. The van der Waals surface area contributed by atoms with Crippen molar-refractivity contribution in [3.63, 3.8) is 0 Å². The quantitative estimate of drug-likeness (QED) is 0.524. The SMILES string of the molecule is CC1NNC2Nc3[nH]c(=O)[nH]c(=O)c3C(c3ccc(F)c(Cl)c3)C12. The predicted octanol–water partition coefficient (Wildman–Crippen LogP) is 0.852. The number of hydrogen-bond acceptors (Lipinski definition) is 5. The Hall–Kier alpha value is -2.16. The van der Waals surface area contributed by atoms with E-state index in [0.717, 1.165) is 0 Å². The Balaban J connectivity index is 1.96. The van der Waals surface area contributed by atoms with Gasteiger partial charge in [-0.1, -0.05) is 17.7 Å². The van der Waals surface area contributed by atoms with Crippen LogP contribution in [0.4, 0.5) is 10.2 Å². The third-order valence-corrected chi connectivity index (χ3v) is 5.00. The molecule has 1 fully saturated rings. The molecule has 1 aromatic heterocycles. The van der Waals surface area contributed by atoms with Crippen molar-refractivity contribution < 1.29 is 4.39 Å². The molecule has 5 N–H and O–H groups in total. The van der Waals surface area contributed by atoms with Gasteiger partial charge in [0.15, 0.2) is 0 Å². The van der Waals surface area contributed by atoms with Crippen LogP contribution in [-0.4, -0.2) is 22.2 Å². The highest BCUT2D eigenvalue weighted by Gasteiger charge is 2.46. The van der Waals surface area contributed by atoms with E-state index in [9.17, 15) is 14.0 Å². The van der Waals surface area contributed by atoms with Crippen LogP contribution >= 0.6 is 11.6 Å². The maximum absolute atomic E-state index is 13.6. The van der Waals surface area contributed by atoms with Gasteiger partial charge in [-0.2, -0.15) is 0 Å². The second kappa shape index (κ2) is 5.44. The van der Waals surface area contributed by atoms with Gasteiger partial charge in [0, 0.05) is 17.9 Å². The van der Waals surface area contributed by atoms with E-state index < -0.39 is 17.1 Å². The van der Waals surface area contributed by atoms with Gasteiger partial charge < -0.3 is 5.32 Å². The fraction of sp³-hybridized carbons (Fsp3) is 0.333. The summed E-state index contributed by atoms with van der Waals surface area (Å²) in [7, 11) is 0. The van der Waals surface area contributed by atoms with Gasteiger partial charge in [-0.05, 0) is 24.6 Å². The van der Waals surface area contributed by atoms with Crippen molar-refractivity contribution in [2.45, 2.75) is 25.0 Å². The molecule has 9 heteroatoms. The van der Waals surface area contributed by atoms with Crippen LogP contribution in [0.5, 0.6) is 0 Å². The van der Waals surface area contributed by atoms with E-state index in [1.54, 1.807) is 6.07 Å². The Bertz CT molecular complexity index is 927. The van der Waals surface area contributed by atoms with E-state index >= 15 is 0 Å². The van der Waals surface area contributed by atoms with Gasteiger partial charge in [0.2, 0.25) is 0 Å². The molecule has 0 spiro atoms. The molecule has 7 nitrogen and oxygen atoms in total. The molecule has 2 aromatic rings. The standard InChI is InChI=1S/C15H15ClFN5O2/c1-5-9-10(6-2-3-8(17)7(16)4-6)11-12(18-13(9)22-21-5)19-15(24)20-14(11)23/h2-5,9-10,13,21-22H,1H3,(H3,18,19,20,23,24). The zero-order valence-electron chi connectivity index (χ0n) is 12.6. The second-order valence-corrected chi connectivity index (χ2v) is 6.53. The second-order valence-electron chi connectivity index (χ2n) is 6.12. The number of aromatic amines is 2. The van der Waals surface area contributed by atoms with Crippen molar-refractivity contribution in [1.29, 1.82) is 0 Å². The Kier molecular flexibility index (Phi) is 3.48. The van der Waals surface area contributed by atoms with Crippen molar-refractivity contribution in [2.75, 3.05) is 5.32 Å². The summed E-state index contributed by atoms with van der Waals surface area (Å²) in [5, 5.41) is 3.14. The molecule has 24 heavy (non-hydrogen) atoms. The summed E-state index contributed by atoms with van der Waals surface area (Å²) in [5.41, 5.74) is 6.32. The molecule has 4 atom stereocenters. The number of anilines is 1. The van der Waals surface area contributed by atoms with Crippen LogP contribution in [0.25, 0.3) is 0 Å². The molecule has 1 saturated heterocycles. The van der Waals surface area contributed by atoms with Crippen LogP contribution in [-0.2, 0) is 0 Å². The van der Waals surface area contributed by atoms with E-state index in [1.165, 1.54) is 12.1 Å². The van der Waals surface area contributed by atoms with Crippen LogP contribution < -0.4 is 27.4 Å².